The van der Waals surface area contributed by atoms with E-state index in [0.717, 1.165) is 18.2 Å². The maximum atomic E-state index is 14.2. The molecule has 3 heterocycles. The highest BCUT2D eigenvalue weighted by Gasteiger charge is 2.36. The van der Waals surface area contributed by atoms with Crippen LogP contribution in [0.2, 0.25) is 0 Å². The second-order valence-corrected chi connectivity index (χ2v) is 5.52. The number of imidazole rings is 1. The van der Waals surface area contributed by atoms with Crippen molar-refractivity contribution >= 4 is 17.0 Å². The summed E-state index contributed by atoms with van der Waals surface area (Å²) in [6, 6.07) is 2.82. The standard InChI is InChI=1S/C15H13F2N5O/c16-8-1-2-11(17)10(3-8)12-4-9(23)5-22(12)15-13-14(19-6-18-13)20-7-21-15/h1-3,6-7,9,12,23H,4-5H2,(H,18,19,20,21)/t9-,12+/m1/s1. The van der Waals surface area contributed by atoms with E-state index in [0.29, 0.717) is 23.4 Å². The van der Waals surface area contributed by atoms with Gasteiger partial charge in [0.05, 0.1) is 18.5 Å². The Morgan fingerprint density at radius 1 is 1.22 bits per heavy atom. The Kier molecular flexibility index (Phi) is 3.19. The van der Waals surface area contributed by atoms with Crippen LogP contribution in [0.5, 0.6) is 0 Å². The molecule has 6 nitrogen and oxygen atoms in total. The van der Waals surface area contributed by atoms with E-state index in [1.54, 1.807) is 4.90 Å². The summed E-state index contributed by atoms with van der Waals surface area (Å²) in [5.74, 6) is -0.514. The molecule has 1 saturated heterocycles. The molecule has 1 fully saturated rings. The van der Waals surface area contributed by atoms with Crippen molar-refractivity contribution in [3.63, 3.8) is 0 Å². The van der Waals surface area contributed by atoms with E-state index >= 15 is 0 Å². The molecule has 1 aliphatic heterocycles. The van der Waals surface area contributed by atoms with E-state index in [-0.39, 0.29) is 12.1 Å². The number of β-amino-alcohol motifs (C(OH)–C–C–N with tert-alkyl or cyclic N) is 1. The normalized spacial score (nSPS) is 21.3. The second kappa shape index (κ2) is 5.24. The van der Waals surface area contributed by atoms with Gasteiger partial charge >= 0.3 is 0 Å². The summed E-state index contributed by atoms with van der Waals surface area (Å²) in [6.07, 6.45) is 2.49. The number of aliphatic hydroxyl groups excluding tert-OH is 1. The van der Waals surface area contributed by atoms with Crippen LogP contribution < -0.4 is 4.90 Å². The Morgan fingerprint density at radius 2 is 2.09 bits per heavy atom. The maximum absolute atomic E-state index is 14.2. The topological polar surface area (TPSA) is 77.9 Å². The van der Waals surface area contributed by atoms with Crippen molar-refractivity contribution in [2.24, 2.45) is 0 Å². The second-order valence-electron chi connectivity index (χ2n) is 5.52. The van der Waals surface area contributed by atoms with Gasteiger partial charge in [0.25, 0.3) is 0 Å². The largest absolute Gasteiger partial charge is 0.391 e. The van der Waals surface area contributed by atoms with Crippen molar-refractivity contribution in [2.45, 2.75) is 18.6 Å². The Morgan fingerprint density at radius 3 is 2.96 bits per heavy atom. The third-order valence-electron chi connectivity index (χ3n) is 4.07. The van der Waals surface area contributed by atoms with Crippen LogP contribution in [0.15, 0.2) is 30.9 Å². The number of hydrogen-bond acceptors (Lipinski definition) is 5. The molecule has 8 heteroatoms. The smallest absolute Gasteiger partial charge is 0.182 e. The molecule has 0 amide bonds. The summed E-state index contributed by atoms with van der Waals surface area (Å²) in [6.45, 7) is 0.270. The molecule has 118 valence electrons. The van der Waals surface area contributed by atoms with E-state index in [2.05, 4.69) is 19.9 Å². The number of nitrogens with zero attached hydrogens (tertiary/aromatic N) is 4. The molecule has 0 unspecified atom stereocenters. The highest BCUT2D eigenvalue weighted by atomic mass is 19.1. The van der Waals surface area contributed by atoms with Gasteiger partial charge in [0.2, 0.25) is 0 Å². The van der Waals surface area contributed by atoms with Crippen LogP contribution in [0.4, 0.5) is 14.6 Å². The fourth-order valence-electron chi connectivity index (χ4n) is 3.08. The van der Waals surface area contributed by atoms with Crippen LogP contribution >= 0.6 is 0 Å². The van der Waals surface area contributed by atoms with Crippen LogP contribution in [-0.4, -0.2) is 37.7 Å². The molecule has 0 aliphatic carbocycles. The quantitative estimate of drug-likeness (QED) is 0.755. The van der Waals surface area contributed by atoms with Crippen LogP contribution in [0.25, 0.3) is 11.2 Å². The molecule has 2 N–H and O–H groups in total. The lowest BCUT2D eigenvalue weighted by Crippen LogP contribution is -2.26. The zero-order valence-electron chi connectivity index (χ0n) is 11.9. The molecule has 1 aliphatic rings. The number of nitrogens with one attached hydrogen (secondary N) is 1. The molecule has 2 aromatic heterocycles. The highest BCUT2D eigenvalue weighted by molar-refractivity contribution is 5.83. The first-order chi connectivity index (χ1) is 11.1. The van der Waals surface area contributed by atoms with Gasteiger partial charge in [0.15, 0.2) is 11.5 Å². The molecular formula is C15H13F2N5O. The van der Waals surface area contributed by atoms with Gasteiger partial charge in [-0.3, -0.25) is 0 Å². The van der Waals surface area contributed by atoms with E-state index in [1.165, 1.54) is 12.7 Å². The van der Waals surface area contributed by atoms with Gasteiger partial charge in [0.1, 0.15) is 23.5 Å². The number of hydrogen-bond donors (Lipinski definition) is 2. The number of aromatic amines is 1. The lowest BCUT2D eigenvalue weighted by Gasteiger charge is -2.26. The minimum Gasteiger partial charge on any atom is -0.391 e. The van der Waals surface area contributed by atoms with E-state index in [1.807, 2.05) is 0 Å². The highest BCUT2D eigenvalue weighted by Crippen LogP contribution is 2.38. The number of aliphatic hydroxyl groups is 1. The fraction of sp³-hybridized carbons (Fsp3) is 0.267. The molecule has 2 atom stereocenters. The monoisotopic (exact) mass is 317 g/mol. The number of halogens is 2. The van der Waals surface area contributed by atoms with Crippen LogP contribution in [0, 0.1) is 11.6 Å². The number of anilines is 1. The van der Waals surface area contributed by atoms with Crippen molar-refractivity contribution < 1.29 is 13.9 Å². The first kappa shape index (κ1) is 14.0. The van der Waals surface area contributed by atoms with Gasteiger partial charge in [0, 0.05) is 12.1 Å². The van der Waals surface area contributed by atoms with Crippen molar-refractivity contribution in [2.75, 3.05) is 11.4 Å². The molecule has 23 heavy (non-hydrogen) atoms. The molecule has 3 aromatic rings. The molecule has 0 radical (unpaired) electrons. The molecule has 4 rings (SSSR count). The SMILES string of the molecule is O[C@@H]1C[C@@H](c2cc(F)ccc2F)N(c2ncnc3nc[nH]c23)C1. The molecule has 1 aromatic carbocycles. The summed E-state index contributed by atoms with van der Waals surface area (Å²) in [4.78, 5) is 17.1. The summed E-state index contributed by atoms with van der Waals surface area (Å²) in [5, 5.41) is 10.0. The Hall–Kier alpha value is -2.61. The molecule has 0 spiro atoms. The summed E-state index contributed by atoms with van der Waals surface area (Å²) in [5.41, 5.74) is 1.28. The van der Waals surface area contributed by atoms with Crippen LogP contribution in [0.1, 0.15) is 18.0 Å². The van der Waals surface area contributed by atoms with E-state index < -0.39 is 23.8 Å². The lowest BCUT2D eigenvalue weighted by atomic mass is 10.0. The number of H-pyrrole nitrogens is 1. The average Bonchev–Trinajstić information content (AvgIpc) is 3.15. The van der Waals surface area contributed by atoms with Crippen molar-refractivity contribution in [3.8, 4) is 0 Å². The number of benzene rings is 1. The minimum absolute atomic E-state index is 0.202. The zero-order chi connectivity index (χ0) is 16.0. The Bertz CT molecular complexity index is 868. The first-order valence-corrected chi connectivity index (χ1v) is 7.17. The van der Waals surface area contributed by atoms with Gasteiger partial charge in [-0.2, -0.15) is 0 Å². The Balaban J connectivity index is 1.83. The van der Waals surface area contributed by atoms with Gasteiger partial charge in [-0.15, -0.1) is 0 Å². The maximum Gasteiger partial charge on any atom is 0.182 e. The van der Waals surface area contributed by atoms with Gasteiger partial charge in [-0.05, 0) is 24.6 Å². The Labute approximate surface area is 129 Å². The van der Waals surface area contributed by atoms with Crippen LogP contribution in [0.3, 0.4) is 0 Å². The summed E-state index contributed by atoms with van der Waals surface area (Å²) >= 11 is 0. The van der Waals surface area contributed by atoms with Crippen molar-refractivity contribution in [3.05, 3.63) is 48.1 Å². The van der Waals surface area contributed by atoms with Gasteiger partial charge in [-0.1, -0.05) is 0 Å². The summed E-state index contributed by atoms with van der Waals surface area (Å²) < 4.78 is 27.7. The number of fused-ring (bicyclic) bond motifs is 1. The molecule has 0 bridgehead atoms. The van der Waals surface area contributed by atoms with E-state index in [4.69, 9.17) is 0 Å². The number of rotatable bonds is 2. The molecular weight excluding hydrogens is 304 g/mol. The fourth-order valence-corrected chi connectivity index (χ4v) is 3.08. The van der Waals surface area contributed by atoms with Gasteiger partial charge in [-0.25, -0.2) is 23.7 Å². The summed E-state index contributed by atoms with van der Waals surface area (Å²) in [7, 11) is 0. The van der Waals surface area contributed by atoms with Gasteiger partial charge < -0.3 is 15.0 Å². The average molecular weight is 317 g/mol. The predicted octanol–water partition coefficient (Wildman–Crippen LogP) is 1.94. The van der Waals surface area contributed by atoms with Crippen LogP contribution in [-0.2, 0) is 0 Å². The zero-order valence-corrected chi connectivity index (χ0v) is 11.9. The third-order valence-corrected chi connectivity index (χ3v) is 4.07. The van der Waals surface area contributed by atoms with Crippen molar-refractivity contribution in [1.29, 1.82) is 0 Å². The lowest BCUT2D eigenvalue weighted by molar-refractivity contribution is 0.194. The molecule has 0 saturated carbocycles. The predicted molar refractivity (Wildman–Crippen MR) is 78.8 cm³/mol. The number of aromatic nitrogens is 4. The van der Waals surface area contributed by atoms with E-state index in [9.17, 15) is 13.9 Å². The first-order valence-electron chi connectivity index (χ1n) is 7.17. The third kappa shape index (κ3) is 2.31. The van der Waals surface area contributed by atoms with Crippen molar-refractivity contribution in [1.82, 2.24) is 19.9 Å². The minimum atomic E-state index is -0.657.